The van der Waals surface area contributed by atoms with E-state index in [1.54, 1.807) is 24.3 Å². The lowest BCUT2D eigenvalue weighted by Gasteiger charge is -2.18. The second-order valence-electron chi connectivity index (χ2n) is 3.89. The van der Waals surface area contributed by atoms with Crippen molar-refractivity contribution in [2.75, 3.05) is 0 Å². The Labute approximate surface area is 94.9 Å². The van der Waals surface area contributed by atoms with Crippen molar-refractivity contribution in [1.29, 1.82) is 0 Å². The van der Waals surface area contributed by atoms with Crippen LogP contribution in [0.15, 0.2) is 54.6 Å². The summed E-state index contributed by atoms with van der Waals surface area (Å²) in [6.45, 7) is 0. The lowest BCUT2D eigenvalue weighted by Crippen LogP contribution is -2.28. The van der Waals surface area contributed by atoms with Gasteiger partial charge in [0.05, 0.1) is 0 Å². The lowest BCUT2D eigenvalue weighted by atomic mass is 9.90. The first-order valence-electron chi connectivity index (χ1n) is 5.39. The van der Waals surface area contributed by atoms with Crippen molar-refractivity contribution in [3.05, 3.63) is 60.2 Å². The maximum atomic E-state index is 11.9. The number of hydrogen-bond donors (Lipinski definition) is 1. The largest absolute Gasteiger partial charge is 0.384 e. The second kappa shape index (κ2) is 4.90. The average Bonchev–Trinajstić information content (AvgIpc) is 2.39. The topological polar surface area (TPSA) is 37.3 Å². The summed E-state index contributed by atoms with van der Waals surface area (Å²) in [5.41, 5.74) is 0.568. The van der Waals surface area contributed by atoms with Crippen LogP contribution in [0.1, 0.15) is 16.8 Å². The first-order valence-corrected chi connectivity index (χ1v) is 5.39. The predicted octanol–water partition coefficient (Wildman–Crippen LogP) is 2.36. The summed E-state index contributed by atoms with van der Waals surface area (Å²) in [5.74, 6) is -0.303. The van der Waals surface area contributed by atoms with Gasteiger partial charge in [0.25, 0.3) is 0 Å². The number of rotatable bonds is 3. The highest BCUT2D eigenvalue weighted by Crippen LogP contribution is 2.19. The van der Waals surface area contributed by atoms with Crippen molar-refractivity contribution in [1.82, 2.24) is 0 Å². The maximum absolute atomic E-state index is 11.9. The summed E-state index contributed by atoms with van der Waals surface area (Å²) in [4.78, 5) is 11.9. The lowest BCUT2D eigenvalue weighted by molar-refractivity contribution is 0.0660. The fraction of sp³-hybridized carbons (Fsp3) is 0.214. The molecule has 1 N–H and O–H groups in total. The fourth-order valence-corrected chi connectivity index (χ4v) is 1.80. The monoisotopic (exact) mass is 214 g/mol. The third-order valence-corrected chi connectivity index (χ3v) is 2.75. The van der Waals surface area contributed by atoms with Crippen molar-refractivity contribution in [3.8, 4) is 0 Å². The van der Waals surface area contributed by atoms with Crippen molar-refractivity contribution in [2.24, 2.45) is 5.92 Å². The van der Waals surface area contributed by atoms with E-state index in [4.69, 9.17) is 0 Å². The molecule has 2 nitrogen and oxygen atoms in total. The van der Waals surface area contributed by atoms with E-state index in [0.29, 0.717) is 5.56 Å². The molecular formula is C14H14O2. The molecule has 2 unspecified atom stereocenters. The minimum Gasteiger partial charge on any atom is -0.384 e. The number of carbonyl (C=O) groups is 1. The van der Waals surface area contributed by atoms with Gasteiger partial charge in [0.1, 0.15) is 6.10 Å². The molecule has 0 radical (unpaired) electrons. The molecule has 1 aromatic carbocycles. The summed E-state index contributed by atoms with van der Waals surface area (Å²) < 4.78 is 0. The zero-order chi connectivity index (χ0) is 11.4. The van der Waals surface area contributed by atoms with Crippen LogP contribution in [0.2, 0.25) is 0 Å². The Morgan fingerprint density at radius 2 is 2.00 bits per heavy atom. The van der Waals surface area contributed by atoms with Gasteiger partial charge in [-0.2, -0.15) is 0 Å². The van der Waals surface area contributed by atoms with Crippen LogP contribution in [0.5, 0.6) is 0 Å². The van der Waals surface area contributed by atoms with Crippen molar-refractivity contribution < 1.29 is 9.90 Å². The van der Waals surface area contributed by atoms with E-state index in [1.807, 2.05) is 30.4 Å². The number of ketones is 1. The van der Waals surface area contributed by atoms with Gasteiger partial charge < -0.3 is 5.11 Å². The van der Waals surface area contributed by atoms with Crippen LogP contribution in [0.3, 0.4) is 0 Å². The molecule has 0 spiro atoms. The van der Waals surface area contributed by atoms with Crippen molar-refractivity contribution >= 4 is 5.78 Å². The van der Waals surface area contributed by atoms with E-state index in [1.165, 1.54) is 0 Å². The van der Waals surface area contributed by atoms with Gasteiger partial charge in [-0.05, 0) is 6.42 Å². The Bertz CT molecular complexity index is 418. The van der Waals surface area contributed by atoms with Crippen LogP contribution in [0, 0.1) is 5.92 Å². The molecule has 2 atom stereocenters. The molecule has 16 heavy (non-hydrogen) atoms. The van der Waals surface area contributed by atoms with Crippen molar-refractivity contribution in [2.45, 2.75) is 12.5 Å². The number of allylic oxidation sites excluding steroid dienone is 3. The molecule has 0 saturated carbocycles. The standard InChI is InChI=1S/C14H14O2/c15-13(11-7-3-1-4-8-11)14(16)12-9-5-2-6-10-12/h1-9,12,14,16H,10H2. The maximum Gasteiger partial charge on any atom is 0.191 e. The normalized spacial score (nSPS) is 20.7. The van der Waals surface area contributed by atoms with E-state index >= 15 is 0 Å². The van der Waals surface area contributed by atoms with E-state index in [0.717, 1.165) is 6.42 Å². The van der Waals surface area contributed by atoms with Crippen LogP contribution in [-0.4, -0.2) is 17.0 Å². The van der Waals surface area contributed by atoms with E-state index < -0.39 is 6.10 Å². The third kappa shape index (κ3) is 2.28. The molecule has 2 heteroatoms. The molecule has 0 amide bonds. The van der Waals surface area contributed by atoms with Crippen LogP contribution < -0.4 is 0 Å². The van der Waals surface area contributed by atoms with Gasteiger partial charge in [-0.1, -0.05) is 54.6 Å². The van der Waals surface area contributed by atoms with Gasteiger partial charge in [-0.15, -0.1) is 0 Å². The van der Waals surface area contributed by atoms with Gasteiger partial charge in [0.15, 0.2) is 5.78 Å². The van der Waals surface area contributed by atoms with Gasteiger partial charge in [0, 0.05) is 11.5 Å². The third-order valence-electron chi connectivity index (χ3n) is 2.75. The number of benzene rings is 1. The zero-order valence-electron chi connectivity index (χ0n) is 8.91. The highest BCUT2D eigenvalue weighted by atomic mass is 16.3. The number of aliphatic hydroxyl groups is 1. The molecule has 1 aliphatic rings. The fourth-order valence-electron chi connectivity index (χ4n) is 1.80. The predicted molar refractivity (Wildman–Crippen MR) is 63.2 cm³/mol. The van der Waals surface area contributed by atoms with Gasteiger partial charge in [-0.3, -0.25) is 4.79 Å². The SMILES string of the molecule is O=C(c1ccccc1)C(O)C1C=CC=CC1. The molecule has 0 heterocycles. The quantitative estimate of drug-likeness (QED) is 0.784. The van der Waals surface area contributed by atoms with Gasteiger partial charge in [0.2, 0.25) is 0 Å². The van der Waals surface area contributed by atoms with Crippen LogP contribution in [0.4, 0.5) is 0 Å². The summed E-state index contributed by atoms with van der Waals surface area (Å²) in [5, 5.41) is 9.96. The van der Waals surface area contributed by atoms with Crippen LogP contribution >= 0.6 is 0 Å². The van der Waals surface area contributed by atoms with Gasteiger partial charge >= 0.3 is 0 Å². The molecule has 2 rings (SSSR count). The first-order chi connectivity index (χ1) is 7.79. The minimum atomic E-state index is -0.941. The second-order valence-corrected chi connectivity index (χ2v) is 3.89. The molecule has 0 saturated heterocycles. The molecule has 82 valence electrons. The van der Waals surface area contributed by atoms with Crippen LogP contribution in [-0.2, 0) is 0 Å². The highest BCUT2D eigenvalue weighted by molar-refractivity contribution is 5.99. The molecule has 0 aliphatic heterocycles. The van der Waals surface area contributed by atoms with Crippen molar-refractivity contribution in [3.63, 3.8) is 0 Å². The Morgan fingerprint density at radius 1 is 1.25 bits per heavy atom. The number of aliphatic hydroxyl groups excluding tert-OH is 1. The molecule has 0 aromatic heterocycles. The molecule has 0 bridgehead atoms. The van der Waals surface area contributed by atoms with E-state index in [9.17, 15) is 9.90 Å². The molecule has 0 fully saturated rings. The van der Waals surface area contributed by atoms with Gasteiger partial charge in [-0.25, -0.2) is 0 Å². The van der Waals surface area contributed by atoms with Crippen LogP contribution in [0.25, 0.3) is 0 Å². The molecule has 1 aromatic rings. The summed E-state index contributed by atoms with van der Waals surface area (Å²) in [6.07, 6.45) is 7.42. The summed E-state index contributed by atoms with van der Waals surface area (Å²) in [6, 6.07) is 8.92. The minimum absolute atomic E-state index is 0.0993. The highest BCUT2D eigenvalue weighted by Gasteiger charge is 2.24. The summed E-state index contributed by atoms with van der Waals surface area (Å²) in [7, 11) is 0. The van der Waals surface area contributed by atoms with E-state index in [-0.39, 0.29) is 11.7 Å². The Morgan fingerprint density at radius 3 is 2.62 bits per heavy atom. The Kier molecular flexibility index (Phi) is 3.32. The number of hydrogen-bond acceptors (Lipinski definition) is 2. The van der Waals surface area contributed by atoms with E-state index in [2.05, 4.69) is 0 Å². The summed E-state index contributed by atoms with van der Waals surface area (Å²) >= 11 is 0. The first kappa shape index (κ1) is 10.8. The zero-order valence-corrected chi connectivity index (χ0v) is 8.91. The Balaban J connectivity index is 2.10. The molecule has 1 aliphatic carbocycles. The Hall–Kier alpha value is -1.67. The number of Topliss-reactive ketones (excluding diaryl/α,β-unsaturated/α-hetero) is 1. The average molecular weight is 214 g/mol. The smallest absolute Gasteiger partial charge is 0.191 e. The molecular weight excluding hydrogens is 200 g/mol. The number of carbonyl (C=O) groups excluding carboxylic acids is 1.